The summed E-state index contributed by atoms with van der Waals surface area (Å²) in [4.78, 5) is 21.9. The van der Waals surface area contributed by atoms with E-state index in [1.807, 2.05) is 0 Å². The van der Waals surface area contributed by atoms with Gasteiger partial charge in [-0.1, -0.05) is 35.9 Å². The van der Waals surface area contributed by atoms with Crippen LogP contribution in [0.15, 0.2) is 24.3 Å². The van der Waals surface area contributed by atoms with Crippen molar-refractivity contribution in [3.63, 3.8) is 0 Å². The molecule has 2 aromatic rings. The Balaban J connectivity index is 1.94. The molecule has 3 rings (SSSR count). The summed E-state index contributed by atoms with van der Waals surface area (Å²) in [6, 6.07) is 8.46. The number of benzene rings is 1. The van der Waals surface area contributed by atoms with Crippen molar-refractivity contribution in [2.75, 3.05) is 18.0 Å². The highest BCUT2D eigenvalue weighted by molar-refractivity contribution is 6.32. The fraction of sp³-hybridized carbons (Fsp3) is 0.312. The first kappa shape index (κ1) is 14.0. The molecule has 2 heterocycles. The van der Waals surface area contributed by atoms with Crippen LogP contribution in [-0.4, -0.2) is 29.3 Å². The Morgan fingerprint density at radius 3 is 2.33 bits per heavy atom. The van der Waals surface area contributed by atoms with Crippen molar-refractivity contribution in [2.24, 2.45) is 0 Å². The number of rotatable bonds is 2. The smallest absolute Gasteiger partial charge is 0.156 e. The van der Waals surface area contributed by atoms with Crippen LogP contribution in [0.2, 0.25) is 5.15 Å². The van der Waals surface area contributed by atoms with E-state index in [1.54, 1.807) is 6.92 Å². The van der Waals surface area contributed by atoms with Crippen LogP contribution in [0.5, 0.6) is 0 Å². The molecule has 1 aromatic heterocycles. The maximum atomic E-state index is 11.3. The van der Waals surface area contributed by atoms with Gasteiger partial charge in [-0.15, -0.1) is 0 Å². The van der Waals surface area contributed by atoms with Gasteiger partial charge in [0.05, 0.1) is 5.56 Å². The molecule has 1 aromatic carbocycles. The standard InChI is InChI=1S/C16H16ClN3O/c1-11-18-15(17)14(10-21)16(19-11)20-8-6-12-4-2-3-5-13(12)7-9-20/h2-5,10H,6-9H2,1H3. The predicted molar refractivity (Wildman–Crippen MR) is 83.2 cm³/mol. The second kappa shape index (κ2) is 5.82. The van der Waals surface area contributed by atoms with Gasteiger partial charge in [-0.05, 0) is 30.9 Å². The second-order valence-corrected chi connectivity index (χ2v) is 5.53. The number of carbonyl (C=O) groups is 1. The molecule has 4 nitrogen and oxygen atoms in total. The minimum absolute atomic E-state index is 0.231. The average molecular weight is 302 g/mol. The van der Waals surface area contributed by atoms with Crippen LogP contribution < -0.4 is 4.90 Å². The molecule has 21 heavy (non-hydrogen) atoms. The van der Waals surface area contributed by atoms with Gasteiger partial charge in [0.15, 0.2) is 6.29 Å². The molecule has 0 saturated heterocycles. The van der Waals surface area contributed by atoms with Crippen molar-refractivity contribution >= 4 is 23.7 Å². The molecule has 0 saturated carbocycles. The SMILES string of the molecule is Cc1nc(Cl)c(C=O)c(N2CCc3ccccc3CC2)n1. The maximum absolute atomic E-state index is 11.3. The van der Waals surface area contributed by atoms with E-state index in [9.17, 15) is 4.79 Å². The summed E-state index contributed by atoms with van der Waals surface area (Å²) in [5, 5.41) is 0.231. The molecule has 0 amide bonds. The number of aromatic nitrogens is 2. The van der Waals surface area contributed by atoms with Crippen LogP contribution in [0.25, 0.3) is 0 Å². The summed E-state index contributed by atoms with van der Waals surface area (Å²) >= 11 is 6.07. The highest BCUT2D eigenvalue weighted by Crippen LogP contribution is 2.25. The Hall–Kier alpha value is -1.94. The van der Waals surface area contributed by atoms with Crippen LogP contribution in [0, 0.1) is 6.92 Å². The van der Waals surface area contributed by atoms with Crippen molar-refractivity contribution in [3.05, 3.63) is 51.9 Å². The average Bonchev–Trinajstić information content (AvgIpc) is 2.69. The summed E-state index contributed by atoms with van der Waals surface area (Å²) in [6.07, 6.45) is 2.62. The second-order valence-electron chi connectivity index (χ2n) is 5.17. The van der Waals surface area contributed by atoms with Crippen LogP contribution in [-0.2, 0) is 12.8 Å². The number of halogens is 1. The third-order valence-corrected chi connectivity index (χ3v) is 4.12. The first-order chi connectivity index (χ1) is 10.2. The first-order valence-electron chi connectivity index (χ1n) is 7.00. The molecule has 0 atom stereocenters. The predicted octanol–water partition coefficient (Wildman–Crippen LogP) is 2.86. The molecule has 108 valence electrons. The monoisotopic (exact) mass is 301 g/mol. The topological polar surface area (TPSA) is 46.1 Å². The number of anilines is 1. The third kappa shape index (κ3) is 2.76. The van der Waals surface area contributed by atoms with Crippen LogP contribution >= 0.6 is 11.6 Å². The van der Waals surface area contributed by atoms with Crippen LogP contribution in [0.4, 0.5) is 5.82 Å². The van der Waals surface area contributed by atoms with Gasteiger partial charge in [-0.3, -0.25) is 4.79 Å². The Labute approximate surface area is 128 Å². The highest BCUT2D eigenvalue weighted by Gasteiger charge is 2.20. The summed E-state index contributed by atoms with van der Waals surface area (Å²) in [7, 11) is 0. The van der Waals surface area contributed by atoms with E-state index in [2.05, 4.69) is 39.1 Å². The zero-order valence-corrected chi connectivity index (χ0v) is 12.6. The van der Waals surface area contributed by atoms with Gasteiger partial charge in [0.1, 0.15) is 16.8 Å². The summed E-state index contributed by atoms with van der Waals surface area (Å²) in [5.41, 5.74) is 3.11. The Kier molecular flexibility index (Phi) is 3.88. The summed E-state index contributed by atoms with van der Waals surface area (Å²) in [6.45, 7) is 3.44. The van der Waals surface area contributed by atoms with Gasteiger partial charge in [-0.2, -0.15) is 0 Å². The minimum atomic E-state index is 0.231. The molecule has 1 aliphatic heterocycles. The van der Waals surface area contributed by atoms with Crippen molar-refractivity contribution in [1.82, 2.24) is 9.97 Å². The first-order valence-corrected chi connectivity index (χ1v) is 7.38. The lowest BCUT2D eigenvalue weighted by Crippen LogP contribution is -2.28. The maximum Gasteiger partial charge on any atom is 0.156 e. The van der Waals surface area contributed by atoms with Gasteiger partial charge >= 0.3 is 0 Å². The number of hydrogen-bond donors (Lipinski definition) is 0. The number of aldehydes is 1. The molecule has 5 heteroatoms. The van der Waals surface area contributed by atoms with E-state index in [-0.39, 0.29) is 5.15 Å². The zero-order chi connectivity index (χ0) is 14.8. The molecular weight excluding hydrogens is 286 g/mol. The normalized spacial score (nSPS) is 14.5. The van der Waals surface area contributed by atoms with Crippen molar-refractivity contribution in [1.29, 1.82) is 0 Å². The van der Waals surface area contributed by atoms with E-state index in [0.717, 1.165) is 32.2 Å². The van der Waals surface area contributed by atoms with E-state index >= 15 is 0 Å². The summed E-state index contributed by atoms with van der Waals surface area (Å²) < 4.78 is 0. The van der Waals surface area contributed by atoms with E-state index in [0.29, 0.717) is 17.2 Å². The van der Waals surface area contributed by atoms with E-state index in [1.165, 1.54) is 11.1 Å². The molecule has 0 radical (unpaired) electrons. The molecule has 0 unspecified atom stereocenters. The lowest BCUT2D eigenvalue weighted by molar-refractivity contribution is 0.112. The van der Waals surface area contributed by atoms with E-state index < -0.39 is 0 Å². The van der Waals surface area contributed by atoms with Gasteiger partial charge in [0, 0.05) is 13.1 Å². The van der Waals surface area contributed by atoms with Gasteiger partial charge < -0.3 is 4.90 Å². The van der Waals surface area contributed by atoms with Crippen molar-refractivity contribution in [3.8, 4) is 0 Å². The van der Waals surface area contributed by atoms with Crippen molar-refractivity contribution < 1.29 is 4.79 Å². The lowest BCUT2D eigenvalue weighted by atomic mass is 10.0. The minimum Gasteiger partial charge on any atom is -0.355 e. The third-order valence-electron chi connectivity index (χ3n) is 3.83. The summed E-state index contributed by atoms with van der Waals surface area (Å²) in [5.74, 6) is 1.23. The fourth-order valence-electron chi connectivity index (χ4n) is 2.76. The number of nitrogens with zero attached hydrogens (tertiary/aromatic N) is 3. The fourth-order valence-corrected chi connectivity index (χ4v) is 3.01. The van der Waals surface area contributed by atoms with E-state index in [4.69, 9.17) is 11.6 Å². The quantitative estimate of drug-likeness (QED) is 0.632. The number of carbonyl (C=O) groups excluding carboxylic acids is 1. The molecule has 0 spiro atoms. The Bertz CT molecular complexity index is 660. The number of fused-ring (bicyclic) bond motifs is 1. The van der Waals surface area contributed by atoms with Crippen molar-refractivity contribution in [2.45, 2.75) is 19.8 Å². The highest BCUT2D eigenvalue weighted by atomic mass is 35.5. The Morgan fingerprint density at radius 1 is 1.14 bits per heavy atom. The van der Waals surface area contributed by atoms with Crippen LogP contribution in [0.3, 0.4) is 0 Å². The number of hydrogen-bond acceptors (Lipinski definition) is 4. The molecular formula is C16H16ClN3O. The molecule has 0 aliphatic carbocycles. The zero-order valence-electron chi connectivity index (χ0n) is 11.8. The van der Waals surface area contributed by atoms with Gasteiger partial charge in [0.25, 0.3) is 0 Å². The molecule has 0 bridgehead atoms. The van der Waals surface area contributed by atoms with Gasteiger partial charge in [-0.25, -0.2) is 9.97 Å². The lowest BCUT2D eigenvalue weighted by Gasteiger charge is -2.23. The molecule has 0 N–H and O–H groups in total. The molecule has 0 fully saturated rings. The Morgan fingerprint density at radius 2 is 1.76 bits per heavy atom. The number of aryl methyl sites for hydroxylation is 1. The largest absolute Gasteiger partial charge is 0.355 e. The van der Waals surface area contributed by atoms with Crippen LogP contribution in [0.1, 0.15) is 27.3 Å². The molecule has 1 aliphatic rings. The van der Waals surface area contributed by atoms with Gasteiger partial charge in [0.2, 0.25) is 0 Å².